The largest absolute Gasteiger partial charge is 0.507 e. The zero-order chi connectivity index (χ0) is 24.8. The Morgan fingerprint density at radius 2 is 1.86 bits per heavy atom. The summed E-state index contributed by atoms with van der Waals surface area (Å²) in [5.74, 6) is 1.72. The van der Waals surface area contributed by atoms with Gasteiger partial charge in [0.15, 0.2) is 23.0 Å². The molecule has 1 saturated heterocycles. The number of hydrogen-bond acceptors (Lipinski definition) is 9. The van der Waals surface area contributed by atoms with Gasteiger partial charge < -0.3 is 29.5 Å². The van der Waals surface area contributed by atoms with Crippen LogP contribution in [-0.4, -0.2) is 70.8 Å². The Kier molecular flexibility index (Phi) is 4.87. The van der Waals surface area contributed by atoms with Crippen molar-refractivity contribution in [1.82, 2.24) is 9.80 Å². The van der Waals surface area contributed by atoms with E-state index in [1.54, 1.807) is 14.0 Å². The monoisotopic (exact) mass is 479 g/mol. The average Bonchev–Trinajstić information content (AvgIpc) is 3.32. The number of nitrogens with zero attached hydrogens (tertiary/aromatic N) is 3. The molecule has 5 atom stereocenters. The number of hydrogen-bond donors (Lipinski definition) is 3. The molecule has 0 aliphatic carbocycles. The number of nitriles is 1. The van der Waals surface area contributed by atoms with Crippen LogP contribution in [0.15, 0.2) is 6.07 Å². The number of aromatic hydroxyl groups is 2. The molecule has 1 unspecified atom stereocenters. The number of aliphatic hydroxyl groups is 1. The summed E-state index contributed by atoms with van der Waals surface area (Å²) in [6, 6.07) is 2.79. The molecular formula is C26H29N3O6. The number of ether oxygens (including phenoxy) is 3. The van der Waals surface area contributed by atoms with Gasteiger partial charge in [0.1, 0.15) is 11.8 Å². The molecule has 184 valence electrons. The Labute approximate surface area is 203 Å². The molecule has 9 nitrogen and oxygen atoms in total. The van der Waals surface area contributed by atoms with Crippen LogP contribution in [0.25, 0.3) is 0 Å². The Hall–Kier alpha value is -3.19. The Morgan fingerprint density at radius 1 is 1.11 bits per heavy atom. The molecule has 2 aromatic carbocycles. The van der Waals surface area contributed by atoms with Crippen molar-refractivity contribution in [2.75, 3.05) is 27.6 Å². The third-order valence-corrected chi connectivity index (χ3v) is 8.46. The predicted molar refractivity (Wildman–Crippen MR) is 125 cm³/mol. The van der Waals surface area contributed by atoms with Crippen LogP contribution in [0, 0.1) is 25.2 Å². The molecular weight excluding hydrogens is 450 g/mol. The van der Waals surface area contributed by atoms with E-state index in [0.29, 0.717) is 46.8 Å². The minimum atomic E-state index is -0.565. The van der Waals surface area contributed by atoms with E-state index in [9.17, 15) is 20.6 Å². The van der Waals surface area contributed by atoms with Crippen LogP contribution < -0.4 is 14.2 Å². The van der Waals surface area contributed by atoms with Crippen LogP contribution in [0.1, 0.15) is 45.5 Å². The van der Waals surface area contributed by atoms with Crippen molar-refractivity contribution in [2.45, 2.75) is 56.9 Å². The number of likely N-dealkylation sites (N-methyl/N-ethyl adjacent to an activating group) is 1. The van der Waals surface area contributed by atoms with Crippen LogP contribution in [-0.2, 0) is 12.8 Å². The number of benzene rings is 2. The highest BCUT2D eigenvalue weighted by Crippen LogP contribution is 2.58. The Balaban J connectivity index is 1.61. The molecule has 0 saturated carbocycles. The van der Waals surface area contributed by atoms with Crippen molar-refractivity contribution in [1.29, 1.82) is 5.26 Å². The van der Waals surface area contributed by atoms with Crippen LogP contribution >= 0.6 is 0 Å². The first-order chi connectivity index (χ1) is 16.8. The molecule has 2 aromatic rings. The van der Waals surface area contributed by atoms with Crippen LogP contribution in [0.2, 0.25) is 0 Å². The highest BCUT2D eigenvalue weighted by atomic mass is 16.7. The summed E-state index contributed by atoms with van der Waals surface area (Å²) >= 11 is 0. The van der Waals surface area contributed by atoms with Gasteiger partial charge >= 0.3 is 0 Å². The van der Waals surface area contributed by atoms with E-state index >= 15 is 0 Å². The number of methoxy groups -OCH3 is 1. The van der Waals surface area contributed by atoms with E-state index in [-0.39, 0.29) is 43.0 Å². The fourth-order valence-corrected chi connectivity index (χ4v) is 7.02. The fourth-order valence-electron chi connectivity index (χ4n) is 7.02. The lowest BCUT2D eigenvalue weighted by atomic mass is 9.71. The van der Waals surface area contributed by atoms with Crippen LogP contribution in [0.4, 0.5) is 0 Å². The van der Waals surface area contributed by atoms with Crippen molar-refractivity contribution in [2.24, 2.45) is 0 Å². The summed E-state index contributed by atoms with van der Waals surface area (Å²) in [4.78, 5) is 4.24. The second kappa shape index (κ2) is 7.65. The molecule has 4 heterocycles. The highest BCUT2D eigenvalue weighted by molar-refractivity contribution is 5.66. The molecule has 6 rings (SSSR count). The zero-order valence-electron chi connectivity index (χ0n) is 20.2. The molecule has 0 amide bonds. The van der Waals surface area contributed by atoms with E-state index < -0.39 is 12.1 Å². The van der Waals surface area contributed by atoms with Gasteiger partial charge in [-0.25, -0.2) is 0 Å². The molecule has 4 aliphatic rings. The standard InChI is InChI=1S/C26H29N3O6/c1-11-5-13-6-15-17(8-27)29-16(21(28(15)3)19(13)23(32)24(11)33-4)7-14-20(18(29)9-30)26-25(34-10-35-26)12(2)22(14)31/h5,15-18,21,30-32H,6-7,9-10H2,1-4H3/t15-,16?,17+,18+,21+/m1/s1. The topological polar surface area (TPSA) is 119 Å². The summed E-state index contributed by atoms with van der Waals surface area (Å²) in [5.41, 5.74) is 4.62. The lowest BCUT2D eigenvalue weighted by Crippen LogP contribution is -2.68. The number of piperazine rings is 1. The van der Waals surface area contributed by atoms with Gasteiger partial charge in [-0.05, 0) is 44.9 Å². The first-order valence-corrected chi connectivity index (χ1v) is 11.9. The predicted octanol–water partition coefficient (Wildman–Crippen LogP) is 2.22. The summed E-state index contributed by atoms with van der Waals surface area (Å²) in [6.07, 6.45) is 1.01. The average molecular weight is 480 g/mol. The minimum Gasteiger partial charge on any atom is -0.507 e. The maximum Gasteiger partial charge on any atom is 0.231 e. The zero-order valence-corrected chi connectivity index (χ0v) is 20.2. The molecule has 9 heteroatoms. The summed E-state index contributed by atoms with van der Waals surface area (Å²) in [5, 5.41) is 43.6. The fraction of sp³-hybridized carbons (Fsp3) is 0.500. The maximum atomic E-state index is 11.3. The highest BCUT2D eigenvalue weighted by Gasteiger charge is 2.56. The van der Waals surface area contributed by atoms with Gasteiger partial charge in [-0.3, -0.25) is 9.80 Å². The van der Waals surface area contributed by atoms with Gasteiger partial charge in [0.25, 0.3) is 0 Å². The molecule has 4 aliphatic heterocycles. The second-order valence-electron chi connectivity index (χ2n) is 9.95. The van der Waals surface area contributed by atoms with Gasteiger partial charge in [-0.2, -0.15) is 5.26 Å². The molecule has 2 bridgehead atoms. The van der Waals surface area contributed by atoms with E-state index in [1.165, 1.54) is 0 Å². The SMILES string of the molecule is COc1c(C)cc2c(c1O)[C@@H]1C3Cc4c(O)c(C)c5c(c4[C@H](CO)N3[C@@H](C#N)[C@@H](C2)N1C)OCO5. The van der Waals surface area contributed by atoms with Crippen molar-refractivity contribution >= 4 is 0 Å². The number of phenolic OH excluding ortho intramolecular Hbond substituents is 2. The third-order valence-electron chi connectivity index (χ3n) is 8.46. The van der Waals surface area contributed by atoms with Gasteiger partial charge in [0, 0.05) is 34.3 Å². The third kappa shape index (κ3) is 2.73. The molecule has 1 fully saturated rings. The summed E-state index contributed by atoms with van der Waals surface area (Å²) < 4.78 is 17.0. The quantitative estimate of drug-likeness (QED) is 0.596. The Morgan fingerprint density at radius 3 is 2.54 bits per heavy atom. The normalized spacial score (nSPS) is 28.6. The second-order valence-corrected chi connectivity index (χ2v) is 9.95. The van der Waals surface area contributed by atoms with Crippen LogP contribution in [0.3, 0.4) is 0 Å². The molecule has 0 aromatic heterocycles. The van der Waals surface area contributed by atoms with E-state index in [2.05, 4.69) is 15.9 Å². The van der Waals surface area contributed by atoms with Crippen LogP contribution in [0.5, 0.6) is 28.7 Å². The van der Waals surface area contributed by atoms with Crippen molar-refractivity contribution < 1.29 is 29.5 Å². The number of rotatable bonds is 2. The first kappa shape index (κ1) is 22.3. The van der Waals surface area contributed by atoms with Gasteiger partial charge in [-0.15, -0.1) is 0 Å². The van der Waals surface area contributed by atoms with Gasteiger partial charge in [0.2, 0.25) is 6.79 Å². The van der Waals surface area contributed by atoms with Crippen molar-refractivity contribution in [3.63, 3.8) is 0 Å². The van der Waals surface area contributed by atoms with Gasteiger partial charge in [-0.1, -0.05) is 6.07 Å². The van der Waals surface area contributed by atoms with Crippen molar-refractivity contribution in [3.05, 3.63) is 39.4 Å². The van der Waals surface area contributed by atoms with E-state index in [4.69, 9.17) is 14.2 Å². The van der Waals surface area contributed by atoms with Gasteiger partial charge in [0.05, 0.1) is 31.9 Å². The smallest absolute Gasteiger partial charge is 0.231 e. The van der Waals surface area contributed by atoms with E-state index in [0.717, 1.165) is 16.7 Å². The number of aryl methyl sites for hydroxylation is 1. The lowest BCUT2D eigenvalue weighted by molar-refractivity contribution is -0.0825. The number of phenols is 2. The molecule has 0 spiro atoms. The van der Waals surface area contributed by atoms with E-state index in [1.807, 2.05) is 20.0 Å². The molecule has 3 N–H and O–H groups in total. The molecule has 0 radical (unpaired) electrons. The Bertz CT molecular complexity index is 1290. The first-order valence-electron chi connectivity index (χ1n) is 11.9. The number of fused-ring (bicyclic) bond motifs is 9. The minimum absolute atomic E-state index is 0.0453. The van der Waals surface area contributed by atoms with Crippen molar-refractivity contribution in [3.8, 4) is 34.8 Å². The maximum absolute atomic E-state index is 11.3. The lowest BCUT2D eigenvalue weighted by Gasteiger charge is -2.59. The molecule has 35 heavy (non-hydrogen) atoms. The summed E-state index contributed by atoms with van der Waals surface area (Å²) in [7, 11) is 3.53. The summed E-state index contributed by atoms with van der Waals surface area (Å²) in [6.45, 7) is 3.49. The number of aliphatic hydroxyl groups excluding tert-OH is 1.